The number of hydrogen-bond acceptors (Lipinski definition) is 23. The van der Waals surface area contributed by atoms with E-state index < -0.39 is 41.9 Å². The Morgan fingerprint density at radius 2 is 0.308 bits per heavy atom. The normalized spacial score (nSPS) is 6.38. The van der Waals surface area contributed by atoms with Crippen molar-refractivity contribution in [3.63, 3.8) is 0 Å². The summed E-state index contributed by atoms with van der Waals surface area (Å²) in [6.45, 7) is 0. The molecule has 0 heterocycles. The second-order valence-electron chi connectivity index (χ2n) is 2.09. The van der Waals surface area contributed by atoms with Gasteiger partial charge in [-0.3, -0.25) is 0 Å². The maximum atomic E-state index is 8.55. The molecule has 0 aliphatic rings. The predicted octanol–water partition coefficient (Wildman–Crippen LogP) is -20.0. The summed E-state index contributed by atoms with van der Waals surface area (Å²) in [5.74, 6) is 0. The van der Waals surface area contributed by atoms with Crippen molar-refractivity contribution < 1.29 is 114 Å². The van der Waals surface area contributed by atoms with E-state index in [1.165, 1.54) is 0 Å². The van der Waals surface area contributed by atoms with Crippen LogP contribution in [0, 0.1) is 0 Å². The van der Waals surface area contributed by atoms with Gasteiger partial charge in [-0.05, 0) is 18.5 Å². The molecule has 0 unspecified atom stereocenters. The first kappa shape index (κ1) is 117. The molecule has 0 saturated heterocycles. The van der Waals surface area contributed by atoms with Gasteiger partial charge in [-0.25, -0.2) is 0 Å². The third kappa shape index (κ3) is 933. The van der Waals surface area contributed by atoms with Crippen LogP contribution in [0.15, 0.2) is 0 Å². The van der Waals surface area contributed by atoms with Crippen molar-refractivity contribution in [2.24, 2.45) is 0 Å². The van der Waals surface area contributed by atoms with Crippen molar-refractivity contribution in [1.82, 2.24) is 0 Å². The Morgan fingerprint density at radius 1 is 0.308 bits per heavy atom. The molecule has 23 nitrogen and oxygen atoms in total. The van der Waals surface area contributed by atoms with Crippen LogP contribution in [0.2, 0.25) is 0 Å². The summed E-state index contributed by atoms with van der Waals surface area (Å²) in [6.07, 6.45) is -7.00. The van der Waals surface area contributed by atoms with Crippen LogP contribution in [0.5, 0.6) is 0 Å². The number of carbonyl (C=O) groups is 3. The SMILES string of the molecule is O=C([O-])[O-].O=C([O-])[O-].O=C([O-])[O-].O=P([O-])([O-])[O-].O=P([O-])([O-])[O-].O=P([O-])([O-])[O-].[Ca+2].[Ca+2].[Ca+2].[Ca+2].[Ca+2].[Ca+2].[Ca+2].[Ca+2].[Ca+2].[Ca+2].[OH-].[OH-]. The molecule has 0 atom stereocenters. The summed E-state index contributed by atoms with van der Waals surface area (Å²) in [6, 6.07) is 0. The molecule has 0 aromatic rings. The fourth-order valence-electron chi connectivity index (χ4n) is 0. The number of hydrogen-bond donors (Lipinski definition) is 0. The van der Waals surface area contributed by atoms with Gasteiger partial charge in [0.2, 0.25) is 0 Å². The summed E-state index contributed by atoms with van der Waals surface area (Å²) >= 11 is 0. The Hall–Kier alpha value is 10.7. The molecule has 0 radical (unpaired) electrons. The van der Waals surface area contributed by atoms with Gasteiger partial charge in [0.05, 0.1) is 0 Å². The van der Waals surface area contributed by atoms with Gasteiger partial charge >= 0.3 is 377 Å². The summed E-state index contributed by atoms with van der Waals surface area (Å²) in [5, 5.41) is 50.0. The summed E-state index contributed by atoms with van der Waals surface area (Å²) < 4.78 is 25.6. The van der Waals surface area contributed by atoms with Crippen LogP contribution in [-0.2, 0) is 13.7 Å². The van der Waals surface area contributed by atoms with Crippen LogP contribution in [0.25, 0.3) is 0 Å². The van der Waals surface area contributed by atoms with E-state index in [9.17, 15) is 0 Å². The maximum Gasteiger partial charge on any atom is 2.00 e. The van der Waals surface area contributed by atoms with Crippen molar-refractivity contribution in [2.45, 2.75) is 0 Å². The number of phosphoric acid groups is 3. The Morgan fingerprint density at radius 3 is 0.308 bits per heavy atom. The maximum absolute atomic E-state index is 8.55. The molecule has 0 amide bonds. The third-order valence-electron chi connectivity index (χ3n) is 0. The molecule has 0 bridgehead atoms. The molecular formula is C3H2Ca10O23P3+3. The molecule has 184 valence electrons. The molecule has 0 aliphatic heterocycles. The second-order valence-corrected chi connectivity index (χ2v) is 4.77. The number of rotatable bonds is 0. The van der Waals surface area contributed by atoms with Gasteiger partial charge in [-0.1, -0.05) is 0 Å². The zero-order valence-corrected chi connectivity index (χ0v) is 44.1. The summed E-state index contributed by atoms with van der Waals surface area (Å²) in [5.41, 5.74) is 0. The fourth-order valence-corrected chi connectivity index (χ4v) is 0. The van der Waals surface area contributed by atoms with Gasteiger partial charge < -0.3 is 114 Å². The van der Waals surface area contributed by atoms with Gasteiger partial charge in [0.1, 0.15) is 0 Å². The minimum absolute atomic E-state index is 0. The van der Waals surface area contributed by atoms with E-state index in [0.29, 0.717) is 0 Å². The van der Waals surface area contributed by atoms with Gasteiger partial charge in [0.25, 0.3) is 0 Å². The van der Waals surface area contributed by atoms with Crippen LogP contribution in [0.1, 0.15) is 0 Å². The third-order valence-corrected chi connectivity index (χ3v) is 0. The van der Waals surface area contributed by atoms with Crippen molar-refractivity contribution in [2.75, 3.05) is 0 Å². The van der Waals surface area contributed by atoms with Gasteiger partial charge in [0, 0.05) is 0 Å². The van der Waals surface area contributed by atoms with Crippen LogP contribution in [-0.4, -0.2) is 407 Å². The molecule has 0 saturated carbocycles. The van der Waals surface area contributed by atoms with Crippen molar-refractivity contribution in [1.29, 1.82) is 0 Å². The molecule has 0 fully saturated rings. The van der Waals surface area contributed by atoms with E-state index in [4.69, 9.17) is 103 Å². The standard InChI is InChI=1S/3CH2O3.10Ca.3H3O4P.2H2O/c3*2-1(3)4;;;;;;;;;;;3*1-5(2,3)4;;/h3*(H2,2,3,4);;;;;;;;;;;3*(H3,1,2,3,4);2*1H2/q;;;10*+2;;;;;/p-17. The zero-order chi connectivity index (χ0) is 24.2. The van der Waals surface area contributed by atoms with Gasteiger partial charge in [0.15, 0.2) is 0 Å². The largest absolute Gasteiger partial charge is 2.00 e. The second kappa shape index (κ2) is 77.9. The Labute approximate surface area is 518 Å². The van der Waals surface area contributed by atoms with Gasteiger partial charge in [-0.15, -0.1) is 0 Å². The fraction of sp³-hybridized carbons (Fsp3) is 0. The quantitative estimate of drug-likeness (QED) is 0.161. The van der Waals surface area contributed by atoms with E-state index in [2.05, 4.69) is 0 Å². The minimum Gasteiger partial charge on any atom is -0.870 e. The minimum atomic E-state index is -5.39. The molecule has 2 N–H and O–H groups in total. The smallest absolute Gasteiger partial charge is 0.870 e. The Kier molecular flexibility index (Phi) is 234. The van der Waals surface area contributed by atoms with Crippen molar-refractivity contribution in [3.05, 3.63) is 0 Å². The summed E-state index contributed by atoms with van der Waals surface area (Å²) in [4.78, 5) is 102. The van der Waals surface area contributed by atoms with Crippen LogP contribution in [0.4, 0.5) is 14.4 Å². The van der Waals surface area contributed by atoms with Gasteiger partial charge in [-0.2, -0.15) is 23.5 Å². The van der Waals surface area contributed by atoms with E-state index in [1.54, 1.807) is 0 Å². The van der Waals surface area contributed by atoms with E-state index in [-0.39, 0.29) is 388 Å². The van der Waals surface area contributed by atoms with E-state index in [1.807, 2.05) is 0 Å². The molecule has 36 heteroatoms. The van der Waals surface area contributed by atoms with Crippen molar-refractivity contribution >= 4 is 419 Å². The molecular weight excluding hydrogens is 898 g/mol. The Bertz CT molecular complexity index is 435. The van der Waals surface area contributed by atoms with Crippen LogP contribution < -0.4 is 74.7 Å². The molecule has 0 spiro atoms. The first-order chi connectivity index (χ1) is 11.2. The number of carbonyl (C=O) groups excluding carboxylic acids is 3. The zero-order valence-electron chi connectivity index (χ0n) is 19.4. The van der Waals surface area contributed by atoms with Crippen LogP contribution >= 0.6 is 23.5 Å². The average molecular weight is 900 g/mol. The predicted molar refractivity (Wildman–Crippen MR) is 100 cm³/mol. The monoisotopic (exact) mass is 898 g/mol. The van der Waals surface area contributed by atoms with Crippen molar-refractivity contribution in [3.8, 4) is 0 Å². The van der Waals surface area contributed by atoms with Crippen LogP contribution in [0.3, 0.4) is 0 Å². The average Bonchev–Trinajstić information content (AvgIpc) is 2.01. The molecule has 0 aromatic carbocycles. The van der Waals surface area contributed by atoms with E-state index >= 15 is 0 Å². The molecule has 0 aliphatic carbocycles. The first-order valence-corrected chi connectivity index (χ1v) is 8.41. The molecule has 0 aromatic heterocycles. The first-order valence-electron chi connectivity index (χ1n) is 4.03. The molecule has 0 rings (SSSR count). The Balaban J connectivity index is -0.00000000801. The molecule has 39 heavy (non-hydrogen) atoms. The number of carboxylic acid groups (broad SMARTS) is 6. The topological polar surface area (TPSA) is 508 Å². The van der Waals surface area contributed by atoms with E-state index in [0.717, 1.165) is 0 Å². The summed E-state index contributed by atoms with van der Waals surface area (Å²) in [7, 11) is -16.2.